The number of thioether (sulfide) groups is 1. The summed E-state index contributed by atoms with van der Waals surface area (Å²) >= 11 is 5.30. The summed E-state index contributed by atoms with van der Waals surface area (Å²) in [6.07, 6.45) is 3.72. The minimum absolute atomic E-state index is 0.192. The van der Waals surface area contributed by atoms with Gasteiger partial charge in [0.05, 0.1) is 18.9 Å². The van der Waals surface area contributed by atoms with Gasteiger partial charge in [0.1, 0.15) is 16.3 Å². The molecular formula is C47H55ClF3N5O5S3. The summed E-state index contributed by atoms with van der Waals surface area (Å²) in [6, 6.07) is 27.3. The zero-order chi connectivity index (χ0) is 45.5. The van der Waals surface area contributed by atoms with E-state index in [0.29, 0.717) is 45.0 Å². The van der Waals surface area contributed by atoms with E-state index in [9.17, 15) is 30.9 Å². The summed E-state index contributed by atoms with van der Waals surface area (Å²) in [4.78, 5) is 19.9. The Balaban J connectivity index is 0.994. The second kappa shape index (κ2) is 21.3. The lowest BCUT2D eigenvalue weighted by Crippen LogP contribution is -2.47. The van der Waals surface area contributed by atoms with E-state index in [1.54, 1.807) is 12.1 Å². The van der Waals surface area contributed by atoms with Gasteiger partial charge >= 0.3 is 5.51 Å². The van der Waals surface area contributed by atoms with Crippen molar-refractivity contribution in [3.8, 4) is 0 Å². The van der Waals surface area contributed by atoms with Gasteiger partial charge in [0, 0.05) is 91.4 Å². The van der Waals surface area contributed by atoms with Crippen LogP contribution in [0, 0.1) is 5.41 Å². The number of carbonyl (C=O) groups excluding carboxylic acids is 1. The fourth-order valence-electron chi connectivity index (χ4n) is 8.40. The second-order valence-electron chi connectivity index (χ2n) is 17.3. The van der Waals surface area contributed by atoms with E-state index in [0.717, 1.165) is 73.7 Å². The lowest BCUT2D eigenvalue weighted by molar-refractivity contribution is -0.0435. The maximum atomic E-state index is 14.2. The van der Waals surface area contributed by atoms with E-state index < -0.39 is 43.6 Å². The highest BCUT2D eigenvalue weighted by Crippen LogP contribution is 2.43. The van der Waals surface area contributed by atoms with Gasteiger partial charge in [-0.15, -0.1) is 11.8 Å². The Morgan fingerprint density at radius 1 is 0.922 bits per heavy atom. The van der Waals surface area contributed by atoms with Crippen LogP contribution in [0.15, 0.2) is 117 Å². The standard InChI is InChI=1S/C47H55ClF3N5O5S3/c1-46(2)20-18-42(34-8-12-37(48)13-9-34)36(31-46)32-55-22-24-56(25-23-55)39-14-10-35(11-15-39)45(57)53-63(58)41-16-17-43(44(30-41)64(59,60)47(49,50)51)52-38(19-21-54-26-28-61-29-27-54)33-62-40-6-4-3-5-7-40/h3-17,30,38,52H,18-29,31-33H2,1-2H3,(H,53,57)/t38-,63?/m1/s1. The van der Waals surface area contributed by atoms with Crippen LogP contribution in [0.4, 0.5) is 24.5 Å². The fourth-order valence-corrected chi connectivity index (χ4v) is 11.4. The Kier molecular flexibility index (Phi) is 16.0. The fraction of sp³-hybridized carbons (Fsp3) is 0.426. The van der Waals surface area contributed by atoms with Crippen molar-refractivity contribution in [1.29, 1.82) is 0 Å². The molecule has 1 unspecified atom stereocenters. The maximum absolute atomic E-state index is 14.2. The molecule has 2 heterocycles. The van der Waals surface area contributed by atoms with Crippen LogP contribution in [-0.4, -0.2) is 112 Å². The molecule has 3 aliphatic rings. The largest absolute Gasteiger partial charge is 0.588 e. The topological polar surface area (TPSA) is 117 Å². The number of ether oxygens (including phenoxy) is 1. The number of alkyl halides is 3. The molecule has 0 saturated carbocycles. The Labute approximate surface area is 387 Å². The zero-order valence-electron chi connectivity index (χ0n) is 36.0. The summed E-state index contributed by atoms with van der Waals surface area (Å²) in [6.45, 7) is 12.1. The quantitative estimate of drug-likeness (QED) is 0.0832. The van der Waals surface area contributed by atoms with Crippen molar-refractivity contribution < 1.29 is 35.7 Å². The summed E-state index contributed by atoms with van der Waals surface area (Å²) in [5.74, 6) is -0.291. The average Bonchev–Trinajstić information content (AvgIpc) is 3.28. The molecule has 2 N–H and O–H groups in total. The van der Waals surface area contributed by atoms with Crippen molar-refractivity contribution in [2.45, 2.75) is 65.8 Å². The van der Waals surface area contributed by atoms with Crippen LogP contribution in [-0.2, 0) is 25.9 Å². The van der Waals surface area contributed by atoms with Gasteiger partial charge in [-0.25, -0.2) is 8.42 Å². The van der Waals surface area contributed by atoms with E-state index in [2.05, 4.69) is 50.7 Å². The van der Waals surface area contributed by atoms with Crippen molar-refractivity contribution in [3.63, 3.8) is 0 Å². The first-order valence-electron chi connectivity index (χ1n) is 21.5. The number of sulfone groups is 1. The molecule has 0 spiro atoms. The first kappa shape index (κ1) is 48.2. The molecule has 4 aromatic carbocycles. The molecule has 0 bridgehead atoms. The van der Waals surface area contributed by atoms with Gasteiger partial charge in [-0.1, -0.05) is 61.4 Å². The molecule has 344 valence electrons. The lowest BCUT2D eigenvalue weighted by atomic mass is 9.73. The highest BCUT2D eigenvalue weighted by molar-refractivity contribution is 7.99. The first-order chi connectivity index (χ1) is 30.5. The molecular weight excluding hydrogens is 903 g/mol. The maximum Gasteiger partial charge on any atom is 0.501 e. The molecule has 2 fully saturated rings. The molecule has 17 heteroatoms. The van der Waals surface area contributed by atoms with Gasteiger partial charge in [-0.2, -0.15) is 17.9 Å². The molecule has 1 aliphatic carbocycles. The number of anilines is 2. The highest BCUT2D eigenvalue weighted by Gasteiger charge is 2.48. The van der Waals surface area contributed by atoms with Gasteiger partial charge in [0.25, 0.3) is 15.7 Å². The number of carbonyl (C=O) groups is 1. The Hall–Kier alpha value is -3.74. The van der Waals surface area contributed by atoms with Gasteiger partial charge in [0.2, 0.25) is 0 Å². The molecule has 7 rings (SSSR count). The molecule has 2 atom stereocenters. The second-order valence-corrected chi connectivity index (χ2v) is 21.9. The van der Waals surface area contributed by atoms with Crippen molar-refractivity contribution in [1.82, 2.24) is 14.5 Å². The van der Waals surface area contributed by atoms with E-state index in [1.165, 1.54) is 40.6 Å². The van der Waals surface area contributed by atoms with Crippen LogP contribution < -0.4 is 14.9 Å². The number of rotatable bonds is 16. The SMILES string of the molecule is CC1(C)CCC(c2ccc(Cl)cc2)=C(CN2CCN(c3ccc(C(=O)N[S+]([O-])c4ccc(N[C@H](CCN5CCOCC5)CSc5ccccc5)c(S(=O)(=O)C(F)(F)F)c4)cc3)CC2)C1. The van der Waals surface area contributed by atoms with Crippen LogP contribution in [0.25, 0.3) is 5.57 Å². The van der Waals surface area contributed by atoms with Crippen LogP contribution in [0.1, 0.15) is 55.5 Å². The highest BCUT2D eigenvalue weighted by atomic mass is 35.5. The van der Waals surface area contributed by atoms with Crippen LogP contribution in [0.3, 0.4) is 0 Å². The number of nitrogens with zero attached hydrogens (tertiary/aromatic N) is 3. The van der Waals surface area contributed by atoms with Crippen molar-refractivity contribution in [3.05, 3.63) is 119 Å². The minimum Gasteiger partial charge on any atom is -0.588 e. The number of morpholine rings is 1. The molecule has 0 aromatic heterocycles. The van der Waals surface area contributed by atoms with Gasteiger partial charge < -0.3 is 19.5 Å². The van der Waals surface area contributed by atoms with Gasteiger partial charge in [-0.05, 0) is 103 Å². The van der Waals surface area contributed by atoms with Gasteiger partial charge in [-0.3, -0.25) is 14.6 Å². The molecule has 1 amide bonds. The summed E-state index contributed by atoms with van der Waals surface area (Å²) in [5.41, 5.74) is -0.411. The minimum atomic E-state index is -5.90. The van der Waals surface area contributed by atoms with Crippen molar-refractivity contribution >= 4 is 67.4 Å². The number of halogens is 4. The predicted octanol–water partition coefficient (Wildman–Crippen LogP) is 9.17. The third-order valence-electron chi connectivity index (χ3n) is 12.0. The molecule has 0 radical (unpaired) electrons. The molecule has 10 nitrogen and oxygen atoms in total. The summed E-state index contributed by atoms with van der Waals surface area (Å²) < 4.78 is 89.8. The molecule has 64 heavy (non-hydrogen) atoms. The molecule has 2 saturated heterocycles. The number of allylic oxidation sites excluding steroid dienone is 1. The number of nitrogens with one attached hydrogen (secondary N) is 2. The number of amides is 1. The smallest absolute Gasteiger partial charge is 0.501 e. The number of hydrogen-bond acceptors (Lipinski definition) is 10. The number of hydrogen-bond donors (Lipinski definition) is 2. The van der Waals surface area contributed by atoms with E-state index in [1.807, 2.05) is 54.6 Å². The summed E-state index contributed by atoms with van der Waals surface area (Å²) in [5, 5.41) is 3.80. The van der Waals surface area contributed by atoms with Crippen LogP contribution in [0.5, 0.6) is 0 Å². The third kappa shape index (κ3) is 12.6. The Bertz CT molecular complexity index is 2340. The first-order valence-corrected chi connectivity index (χ1v) is 25.5. The number of benzene rings is 4. The Morgan fingerprint density at radius 3 is 2.28 bits per heavy atom. The van der Waals surface area contributed by atoms with Crippen LogP contribution >= 0.6 is 23.4 Å². The third-order valence-corrected chi connectivity index (χ3v) is 16.0. The molecule has 4 aromatic rings. The summed E-state index contributed by atoms with van der Waals surface area (Å²) in [7, 11) is -5.90. The van der Waals surface area contributed by atoms with Gasteiger partial charge in [0.15, 0.2) is 4.90 Å². The van der Waals surface area contributed by atoms with Crippen LogP contribution in [0.2, 0.25) is 5.02 Å². The van der Waals surface area contributed by atoms with E-state index in [-0.39, 0.29) is 21.6 Å². The van der Waals surface area contributed by atoms with Crippen molar-refractivity contribution in [2.75, 3.05) is 81.5 Å². The predicted molar refractivity (Wildman–Crippen MR) is 251 cm³/mol. The average molecular weight is 959 g/mol. The normalized spacial score (nSPS) is 18.7. The monoisotopic (exact) mass is 957 g/mol. The molecule has 2 aliphatic heterocycles. The van der Waals surface area contributed by atoms with Crippen molar-refractivity contribution in [2.24, 2.45) is 5.41 Å². The van der Waals surface area contributed by atoms with E-state index >= 15 is 0 Å². The number of piperazine rings is 1. The lowest BCUT2D eigenvalue weighted by Gasteiger charge is -2.39. The zero-order valence-corrected chi connectivity index (χ0v) is 39.2. The Morgan fingerprint density at radius 2 is 1.61 bits per heavy atom. The van der Waals surface area contributed by atoms with E-state index in [4.69, 9.17) is 16.3 Å².